The van der Waals surface area contributed by atoms with Crippen molar-refractivity contribution in [3.05, 3.63) is 77.6 Å². The van der Waals surface area contributed by atoms with Crippen molar-refractivity contribution >= 4 is 23.7 Å². The number of nitrogens with one attached hydrogen (secondary N) is 3. The third-order valence-corrected chi connectivity index (χ3v) is 6.32. The Kier molecular flexibility index (Phi) is 11.6. The van der Waals surface area contributed by atoms with Gasteiger partial charge in [-0.25, -0.2) is 9.48 Å². The molecule has 0 saturated carbocycles. The van der Waals surface area contributed by atoms with Gasteiger partial charge in [0, 0.05) is 6.42 Å². The second kappa shape index (κ2) is 15.3. The van der Waals surface area contributed by atoms with E-state index in [9.17, 15) is 29.4 Å². The quantitative estimate of drug-likeness (QED) is 0.148. The number of phenols is 1. The highest BCUT2D eigenvalue weighted by Crippen LogP contribution is 2.11. The molecule has 42 heavy (non-hydrogen) atoms. The first-order chi connectivity index (χ1) is 20.0. The highest BCUT2D eigenvalue weighted by molar-refractivity contribution is 5.90. The molecule has 0 aliphatic carbocycles. The maximum atomic E-state index is 13.1. The Morgan fingerprint density at radius 1 is 0.905 bits per heavy atom. The second-order valence-electron chi connectivity index (χ2n) is 10.4. The number of carbonyl (C=O) groups is 4. The highest BCUT2D eigenvalue weighted by Gasteiger charge is 2.27. The van der Waals surface area contributed by atoms with E-state index in [1.165, 1.54) is 23.0 Å². The lowest BCUT2D eigenvalue weighted by molar-refractivity contribution is -0.142. The molecule has 2 aromatic carbocycles. The van der Waals surface area contributed by atoms with Crippen LogP contribution in [0.25, 0.3) is 0 Å². The molecule has 0 saturated heterocycles. The van der Waals surface area contributed by atoms with Crippen LogP contribution in [0.3, 0.4) is 0 Å². The van der Waals surface area contributed by atoms with Crippen molar-refractivity contribution in [2.75, 3.05) is 0 Å². The largest absolute Gasteiger partial charge is 0.508 e. The summed E-state index contributed by atoms with van der Waals surface area (Å²) in [4.78, 5) is 50.0. The summed E-state index contributed by atoms with van der Waals surface area (Å²) in [7, 11) is 0. The van der Waals surface area contributed by atoms with E-state index in [0.717, 1.165) is 11.1 Å². The smallest absolute Gasteiger partial charge is 0.326 e. The number of nitrogens with two attached hydrogens (primary N) is 1. The first kappa shape index (κ1) is 31.7. The van der Waals surface area contributed by atoms with Gasteiger partial charge in [-0.15, -0.1) is 5.10 Å². The first-order valence-corrected chi connectivity index (χ1v) is 13.6. The van der Waals surface area contributed by atoms with Crippen LogP contribution in [0.1, 0.15) is 37.1 Å². The van der Waals surface area contributed by atoms with E-state index in [2.05, 4.69) is 26.3 Å². The molecule has 3 aromatic rings. The van der Waals surface area contributed by atoms with Crippen molar-refractivity contribution in [1.29, 1.82) is 0 Å². The SMILES string of the molecule is CC(C)C[C@H](NC(=O)[C@H](Cc1ccccc1)NC(=O)Cn1cc(CNC(=O)[C@@H](N)Cc2ccc(O)cc2)nn1)C(=O)O. The summed E-state index contributed by atoms with van der Waals surface area (Å²) in [6.45, 7) is 3.49. The van der Waals surface area contributed by atoms with Gasteiger partial charge >= 0.3 is 5.97 Å². The number of carboxylic acid groups (broad SMARTS) is 1. The second-order valence-corrected chi connectivity index (χ2v) is 10.4. The molecule has 0 bridgehead atoms. The minimum atomic E-state index is -1.15. The number of aliphatic carboxylic acids is 1. The molecule has 0 unspecified atom stereocenters. The van der Waals surface area contributed by atoms with Gasteiger partial charge in [0.05, 0.1) is 18.8 Å². The van der Waals surface area contributed by atoms with Crippen molar-refractivity contribution < 1.29 is 29.4 Å². The fraction of sp³-hybridized carbons (Fsp3) is 0.379. The Bertz CT molecular complexity index is 1340. The number of amides is 3. The molecule has 3 atom stereocenters. The molecule has 224 valence electrons. The number of rotatable bonds is 15. The Labute approximate surface area is 243 Å². The predicted molar refractivity (Wildman–Crippen MR) is 153 cm³/mol. The number of phenolic OH excluding ortho intramolecular Hbond substituents is 1. The molecular formula is C29H37N7O6. The number of carboxylic acids is 1. The zero-order valence-electron chi connectivity index (χ0n) is 23.6. The predicted octanol–water partition coefficient (Wildman–Crippen LogP) is 0.513. The molecule has 0 aliphatic heterocycles. The van der Waals surface area contributed by atoms with Crippen molar-refractivity contribution in [3.8, 4) is 5.75 Å². The number of hydrogen-bond acceptors (Lipinski definition) is 8. The number of hydrogen-bond donors (Lipinski definition) is 6. The summed E-state index contributed by atoms with van der Waals surface area (Å²) >= 11 is 0. The van der Waals surface area contributed by atoms with Gasteiger partial charge in [-0.3, -0.25) is 14.4 Å². The normalized spacial score (nSPS) is 13.1. The minimum absolute atomic E-state index is 0.0369. The third kappa shape index (κ3) is 10.3. The van der Waals surface area contributed by atoms with Gasteiger partial charge in [-0.1, -0.05) is 61.5 Å². The Morgan fingerprint density at radius 2 is 1.57 bits per heavy atom. The molecule has 3 amide bonds. The van der Waals surface area contributed by atoms with Crippen molar-refractivity contribution in [3.63, 3.8) is 0 Å². The molecule has 1 aromatic heterocycles. The lowest BCUT2D eigenvalue weighted by Gasteiger charge is -2.22. The maximum absolute atomic E-state index is 13.1. The van der Waals surface area contributed by atoms with E-state index in [4.69, 9.17) is 5.73 Å². The number of benzene rings is 2. The molecule has 3 rings (SSSR count). The maximum Gasteiger partial charge on any atom is 0.326 e. The van der Waals surface area contributed by atoms with E-state index >= 15 is 0 Å². The average molecular weight is 580 g/mol. The van der Waals surface area contributed by atoms with E-state index in [1.54, 1.807) is 24.3 Å². The van der Waals surface area contributed by atoms with Gasteiger partial charge in [-0.2, -0.15) is 0 Å². The van der Waals surface area contributed by atoms with Gasteiger partial charge in [0.1, 0.15) is 30.1 Å². The molecule has 1 heterocycles. The van der Waals surface area contributed by atoms with Crippen LogP contribution in [0.2, 0.25) is 0 Å². The van der Waals surface area contributed by atoms with Gasteiger partial charge < -0.3 is 31.9 Å². The van der Waals surface area contributed by atoms with Crippen LogP contribution in [-0.2, 0) is 45.1 Å². The lowest BCUT2D eigenvalue weighted by Crippen LogP contribution is -2.53. The molecule has 13 nitrogen and oxygen atoms in total. The standard InChI is InChI=1S/C29H37N7O6/c1-18(2)12-25(29(41)42)33-28(40)24(14-19-6-4-3-5-7-19)32-26(38)17-36-16-21(34-35-36)15-31-27(39)23(30)13-20-8-10-22(37)11-9-20/h3-11,16,18,23-25,37H,12-15,17,30H2,1-2H3,(H,31,39)(H,32,38)(H,33,40)(H,41,42)/t23-,24-,25-/m0/s1. The summed E-state index contributed by atoms with van der Waals surface area (Å²) in [5.74, 6) is -2.52. The molecule has 7 N–H and O–H groups in total. The summed E-state index contributed by atoms with van der Waals surface area (Å²) in [5, 5.41) is 34.7. The zero-order chi connectivity index (χ0) is 30.6. The van der Waals surface area contributed by atoms with E-state index in [-0.39, 0.29) is 44.0 Å². The van der Waals surface area contributed by atoms with Crippen molar-refractivity contribution in [2.24, 2.45) is 11.7 Å². The number of carbonyl (C=O) groups excluding carboxylic acids is 3. The molecule has 0 radical (unpaired) electrons. The first-order valence-electron chi connectivity index (χ1n) is 13.6. The molecule has 0 fully saturated rings. The van der Waals surface area contributed by atoms with E-state index in [1.807, 2.05) is 32.0 Å². The van der Waals surface area contributed by atoms with Crippen LogP contribution in [0.4, 0.5) is 0 Å². The Morgan fingerprint density at radius 3 is 2.21 bits per heavy atom. The molecule has 13 heteroatoms. The summed E-state index contributed by atoms with van der Waals surface area (Å²) < 4.78 is 1.27. The monoisotopic (exact) mass is 579 g/mol. The van der Waals surface area contributed by atoms with Crippen molar-refractivity contribution in [2.45, 2.75) is 64.3 Å². The summed E-state index contributed by atoms with van der Waals surface area (Å²) in [5.41, 5.74) is 7.96. The average Bonchev–Trinajstić information content (AvgIpc) is 3.39. The Hall–Kier alpha value is -4.78. The third-order valence-electron chi connectivity index (χ3n) is 6.32. The Balaban J connectivity index is 1.57. The van der Waals surface area contributed by atoms with Gasteiger partial charge in [0.25, 0.3) is 0 Å². The van der Waals surface area contributed by atoms with Crippen LogP contribution in [0.15, 0.2) is 60.8 Å². The highest BCUT2D eigenvalue weighted by atomic mass is 16.4. The summed E-state index contributed by atoms with van der Waals surface area (Å²) in [6, 6.07) is 12.5. The topological polar surface area (TPSA) is 202 Å². The van der Waals surface area contributed by atoms with Crippen molar-refractivity contribution in [1.82, 2.24) is 30.9 Å². The molecular weight excluding hydrogens is 542 g/mol. The van der Waals surface area contributed by atoms with Crippen LogP contribution >= 0.6 is 0 Å². The van der Waals surface area contributed by atoms with Gasteiger partial charge in [0.2, 0.25) is 17.7 Å². The van der Waals surface area contributed by atoms with Crippen LogP contribution < -0.4 is 21.7 Å². The molecule has 0 spiro atoms. The lowest BCUT2D eigenvalue weighted by atomic mass is 10.0. The number of nitrogens with zero attached hydrogens (tertiary/aromatic N) is 3. The van der Waals surface area contributed by atoms with Crippen LogP contribution in [0, 0.1) is 5.92 Å². The van der Waals surface area contributed by atoms with E-state index in [0.29, 0.717) is 5.69 Å². The fourth-order valence-corrected chi connectivity index (χ4v) is 4.20. The fourth-order valence-electron chi connectivity index (χ4n) is 4.20. The summed E-state index contributed by atoms with van der Waals surface area (Å²) in [6.07, 6.45) is 2.17. The van der Waals surface area contributed by atoms with Gasteiger partial charge in [0.15, 0.2) is 0 Å². The van der Waals surface area contributed by atoms with E-state index < -0.39 is 41.8 Å². The molecule has 0 aliphatic rings. The van der Waals surface area contributed by atoms with Crippen LogP contribution in [0.5, 0.6) is 5.75 Å². The zero-order valence-corrected chi connectivity index (χ0v) is 23.6. The minimum Gasteiger partial charge on any atom is -0.508 e. The van der Waals surface area contributed by atoms with Crippen LogP contribution in [-0.4, -0.2) is 67.0 Å². The number of aromatic hydroxyl groups is 1. The number of aromatic nitrogens is 3. The van der Waals surface area contributed by atoms with Gasteiger partial charge in [-0.05, 0) is 42.0 Å².